The normalized spacial score (nSPS) is 15.7. The molecule has 1 fully saturated rings. The number of hydrogen-bond donors (Lipinski definition) is 2. The minimum atomic E-state index is -0.166. The molecule has 2 aromatic rings. The van der Waals surface area contributed by atoms with Gasteiger partial charge in [-0.25, -0.2) is 0 Å². The Morgan fingerprint density at radius 3 is 2.58 bits per heavy atom. The summed E-state index contributed by atoms with van der Waals surface area (Å²) in [4.78, 5) is 19.8. The van der Waals surface area contributed by atoms with Gasteiger partial charge in [-0.2, -0.15) is 0 Å². The van der Waals surface area contributed by atoms with Gasteiger partial charge in [0.15, 0.2) is 18.1 Å². The summed E-state index contributed by atoms with van der Waals surface area (Å²) in [7, 11) is 0. The van der Waals surface area contributed by atoms with Crippen molar-refractivity contribution >= 4 is 11.6 Å². The molecule has 176 valence electrons. The highest BCUT2D eigenvalue weighted by Crippen LogP contribution is 2.35. The number of carbonyl (C=O) groups is 1. The van der Waals surface area contributed by atoms with E-state index in [0.717, 1.165) is 37.9 Å². The average molecular weight is 455 g/mol. The number of piperidine rings is 1. The van der Waals surface area contributed by atoms with Crippen LogP contribution in [0.25, 0.3) is 0 Å². The van der Waals surface area contributed by atoms with E-state index in [1.165, 1.54) is 6.07 Å². The van der Waals surface area contributed by atoms with E-state index in [1.54, 1.807) is 11.0 Å². The number of oxime groups is 1. The zero-order chi connectivity index (χ0) is 23.4. The van der Waals surface area contributed by atoms with Crippen molar-refractivity contribution in [3.63, 3.8) is 0 Å². The lowest BCUT2D eigenvalue weighted by atomic mass is 9.94. The first kappa shape index (κ1) is 22.8. The third kappa shape index (κ3) is 5.32. The summed E-state index contributed by atoms with van der Waals surface area (Å²) >= 11 is 0. The van der Waals surface area contributed by atoms with Gasteiger partial charge in [0, 0.05) is 31.1 Å². The van der Waals surface area contributed by atoms with Crippen molar-refractivity contribution in [1.82, 2.24) is 4.90 Å². The lowest BCUT2D eigenvalue weighted by Crippen LogP contribution is -2.37. The largest absolute Gasteiger partial charge is 0.508 e. The fourth-order valence-electron chi connectivity index (χ4n) is 4.11. The number of fused-ring (bicyclic) bond motifs is 1. The number of amides is 1. The van der Waals surface area contributed by atoms with Gasteiger partial charge in [0.1, 0.15) is 11.5 Å². The summed E-state index contributed by atoms with van der Waals surface area (Å²) in [6.07, 6.45) is 3.47. The van der Waals surface area contributed by atoms with Gasteiger partial charge in [-0.3, -0.25) is 4.79 Å². The van der Waals surface area contributed by atoms with E-state index in [9.17, 15) is 15.0 Å². The lowest BCUT2D eigenvalue weighted by molar-refractivity contribution is -0.137. The van der Waals surface area contributed by atoms with Gasteiger partial charge in [-0.1, -0.05) is 25.1 Å². The van der Waals surface area contributed by atoms with Crippen molar-refractivity contribution in [2.24, 2.45) is 5.16 Å². The van der Waals surface area contributed by atoms with Crippen LogP contribution in [0, 0.1) is 0 Å². The quantitative estimate of drug-likeness (QED) is 0.486. The molecule has 2 heterocycles. The van der Waals surface area contributed by atoms with Gasteiger partial charge in [0.25, 0.3) is 5.91 Å². The van der Waals surface area contributed by atoms with Crippen molar-refractivity contribution in [1.29, 1.82) is 0 Å². The van der Waals surface area contributed by atoms with E-state index in [4.69, 9.17) is 14.3 Å². The molecule has 2 aliphatic heterocycles. The van der Waals surface area contributed by atoms with Gasteiger partial charge >= 0.3 is 0 Å². The van der Waals surface area contributed by atoms with Crippen LogP contribution in [-0.4, -0.2) is 53.2 Å². The number of phenols is 2. The van der Waals surface area contributed by atoms with Crippen molar-refractivity contribution in [3.05, 3.63) is 47.0 Å². The first-order valence-corrected chi connectivity index (χ1v) is 11.3. The number of rotatable bonds is 7. The fourth-order valence-corrected chi connectivity index (χ4v) is 4.11. The van der Waals surface area contributed by atoms with Crippen LogP contribution in [-0.2, 0) is 16.1 Å². The summed E-state index contributed by atoms with van der Waals surface area (Å²) in [6, 6.07) is 8.61. The Labute approximate surface area is 193 Å². The van der Waals surface area contributed by atoms with Gasteiger partial charge < -0.3 is 29.4 Å². The Morgan fingerprint density at radius 1 is 1.06 bits per heavy atom. The Kier molecular flexibility index (Phi) is 6.91. The third-order valence-corrected chi connectivity index (χ3v) is 5.96. The predicted octanol–water partition coefficient (Wildman–Crippen LogP) is 3.93. The Bertz CT molecular complexity index is 1040. The van der Waals surface area contributed by atoms with Crippen LogP contribution >= 0.6 is 0 Å². The SMILES string of the molecule is CC(C)c1cc(C(Cc2ccc3c(c2)OCO3)=NOCC(=O)N2CCCCC2)c(O)cc1O. The van der Waals surface area contributed by atoms with Crippen LogP contribution < -0.4 is 9.47 Å². The van der Waals surface area contributed by atoms with Crippen LogP contribution in [0.3, 0.4) is 0 Å². The van der Waals surface area contributed by atoms with Crippen LogP contribution in [0.1, 0.15) is 55.7 Å². The number of benzene rings is 2. The molecule has 0 aromatic heterocycles. The summed E-state index contributed by atoms with van der Waals surface area (Å²) < 4.78 is 10.8. The number of aromatic hydroxyl groups is 2. The summed E-state index contributed by atoms with van der Waals surface area (Å²) in [6.45, 7) is 5.41. The molecule has 1 amide bonds. The van der Waals surface area contributed by atoms with E-state index < -0.39 is 0 Å². The van der Waals surface area contributed by atoms with E-state index in [-0.39, 0.29) is 36.7 Å². The lowest BCUT2D eigenvalue weighted by Gasteiger charge is -2.26. The smallest absolute Gasteiger partial charge is 0.263 e. The van der Waals surface area contributed by atoms with Crippen LogP contribution in [0.5, 0.6) is 23.0 Å². The molecule has 0 aliphatic carbocycles. The third-order valence-electron chi connectivity index (χ3n) is 5.96. The van der Waals surface area contributed by atoms with Crippen LogP contribution in [0.15, 0.2) is 35.5 Å². The number of carbonyl (C=O) groups excluding carboxylic acids is 1. The molecule has 0 atom stereocenters. The molecular formula is C25H30N2O6. The molecule has 8 nitrogen and oxygen atoms in total. The molecule has 33 heavy (non-hydrogen) atoms. The summed E-state index contributed by atoms with van der Waals surface area (Å²) in [5.74, 6) is 1.18. The zero-order valence-electron chi connectivity index (χ0n) is 19.0. The van der Waals surface area contributed by atoms with Crippen molar-refractivity contribution in [2.75, 3.05) is 26.5 Å². The Balaban J connectivity index is 1.60. The number of ether oxygens (including phenoxy) is 2. The number of hydrogen-bond acceptors (Lipinski definition) is 7. The molecule has 0 unspecified atom stereocenters. The molecule has 2 aliphatic rings. The molecule has 8 heteroatoms. The maximum absolute atomic E-state index is 12.5. The standard InChI is InChI=1S/C25H30N2O6/c1-16(2)18-12-19(22(29)13-21(18)28)20(10-17-6-7-23-24(11-17)32-15-31-23)26-33-14-25(30)27-8-4-3-5-9-27/h6-7,11-13,16,28-29H,3-5,8-10,14-15H2,1-2H3. The first-order chi connectivity index (χ1) is 15.9. The van der Waals surface area contributed by atoms with Gasteiger partial charge in [0.05, 0.1) is 5.71 Å². The van der Waals surface area contributed by atoms with Crippen molar-refractivity contribution in [2.45, 2.75) is 45.4 Å². The monoisotopic (exact) mass is 454 g/mol. The highest BCUT2D eigenvalue weighted by Gasteiger charge is 2.20. The number of nitrogens with zero attached hydrogens (tertiary/aromatic N) is 2. The minimum Gasteiger partial charge on any atom is -0.508 e. The first-order valence-electron chi connectivity index (χ1n) is 11.3. The number of phenolic OH excluding ortho intramolecular Hbond substituents is 2. The second-order valence-corrected chi connectivity index (χ2v) is 8.70. The molecule has 2 aromatic carbocycles. The topological polar surface area (TPSA) is 101 Å². The highest BCUT2D eigenvalue weighted by atomic mass is 16.7. The fraction of sp³-hybridized carbons (Fsp3) is 0.440. The molecule has 0 radical (unpaired) electrons. The van der Waals surface area contributed by atoms with E-state index in [0.29, 0.717) is 34.8 Å². The van der Waals surface area contributed by atoms with Gasteiger partial charge in [-0.15, -0.1) is 0 Å². The molecule has 0 spiro atoms. The minimum absolute atomic E-state index is 0.0230. The molecule has 1 saturated heterocycles. The molecule has 0 bridgehead atoms. The second-order valence-electron chi connectivity index (χ2n) is 8.70. The van der Waals surface area contributed by atoms with Gasteiger partial charge in [-0.05, 0) is 54.5 Å². The maximum atomic E-state index is 12.5. The van der Waals surface area contributed by atoms with Crippen molar-refractivity contribution < 1.29 is 29.3 Å². The van der Waals surface area contributed by atoms with E-state index >= 15 is 0 Å². The van der Waals surface area contributed by atoms with Crippen LogP contribution in [0.4, 0.5) is 0 Å². The van der Waals surface area contributed by atoms with Gasteiger partial charge in [0.2, 0.25) is 6.79 Å². The van der Waals surface area contributed by atoms with E-state index in [1.807, 2.05) is 32.0 Å². The highest BCUT2D eigenvalue weighted by molar-refractivity contribution is 6.04. The molecule has 4 rings (SSSR count). The molecular weight excluding hydrogens is 424 g/mol. The number of likely N-dealkylation sites (tertiary alicyclic amines) is 1. The van der Waals surface area contributed by atoms with E-state index in [2.05, 4.69) is 5.16 Å². The summed E-state index contributed by atoms with van der Waals surface area (Å²) in [5.41, 5.74) is 2.45. The Morgan fingerprint density at radius 2 is 1.82 bits per heavy atom. The molecule has 2 N–H and O–H groups in total. The second kappa shape index (κ2) is 10.0. The van der Waals surface area contributed by atoms with Crippen LogP contribution in [0.2, 0.25) is 0 Å². The Hall–Kier alpha value is -3.42. The zero-order valence-corrected chi connectivity index (χ0v) is 19.0. The molecule has 0 saturated carbocycles. The maximum Gasteiger partial charge on any atom is 0.263 e. The predicted molar refractivity (Wildman–Crippen MR) is 123 cm³/mol. The summed E-state index contributed by atoms with van der Waals surface area (Å²) in [5, 5.41) is 25.1. The van der Waals surface area contributed by atoms with Crippen molar-refractivity contribution in [3.8, 4) is 23.0 Å². The average Bonchev–Trinajstić information content (AvgIpc) is 3.27.